The number of carbonyl (C=O) groups is 2. The molecule has 1 atom stereocenters. The number of ether oxygens (including phenoxy) is 1. The highest BCUT2D eigenvalue weighted by Gasteiger charge is 2.18. The smallest absolute Gasteiger partial charge is 0.412 e. The molecule has 0 radical (unpaired) electrons. The van der Waals surface area contributed by atoms with Crippen LogP contribution in [0, 0.1) is 0 Å². The maximum Gasteiger partial charge on any atom is 0.412 e. The molecule has 0 saturated heterocycles. The van der Waals surface area contributed by atoms with Gasteiger partial charge in [-0.1, -0.05) is 24.3 Å². The zero-order valence-corrected chi connectivity index (χ0v) is 14.8. The van der Waals surface area contributed by atoms with Gasteiger partial charge in [-0.25, -0.2) is 9.78 Å². The third-order valence-electron chi connectivity index (χ3n) is 3.29. The fourth-order valence-electron chi connectivity index (χ4n) is 2.37. The molecular weight excluding hydrogens is 322 g/mol. The summed E-state index contributed by atoms with van der Waals surface area (Å²) >= 11 is 0. The van der Waals surface area contributed by atoms with Gasteiger partial charge in [0.05, 0.1) is 18.3 Å². The van der Waals surface area contributed by atoms with E-state index in [0.717, 1.165) is 10.8 Å². The van der Waals surface area contributed by atoms with Gasteiger partial charge in [-0.15, -0.1) is 0 Å². The molecule has 0 fully saturated rings. The number of rotatable bonds is 5. The number of carboxylic acid groups (broad SMARTS) is 1. The van der Waals surface area contributed by atoms with Gasteiger partial charge in [0.25, 0.3) is 0 Å². The Morgan fingerprint density at radius 1 is 1.24 bits per heavy atom. The van der Waals surface area contributed by atoms with Crippen molar-refractivity contribution in [1.29, 1.82) is 0 Å². The number of benzene rings is 1. The van der Waals surface area contributed by atoms with Gasteiger partial charge in [0, 0.05) is 16.8 Å². The monoisotopic (exact) mass is 345 g/mol. The largest absolute Gasteiger partial charge is 0.481 e. The Morgan fingerprint density at radius 3 is 2.48 bits per heavy atom. The minimum absolute atomic E-state index is 0.0199. The van der Waals surface area contributed by atoms with Crippen LogP contribution in [-0.2, 0) is 9.53 Å². The van der Waals surface area contributed by atoms with Crippen molar-refractivity contribution in [3.63, 3.8) is 0 Å². The van der Waals surface area contributed by atoms with Gasteiger partial charge in [0.15, 0.2) is 0 Å². The second-order valence-corrected chi connectivity index (χ2v) is 6.84. The number of carbonyl (C=O) groups excluding carboxylic acids is 1. The van der Waals surface area contributed by atoms with E-state index in [0.29, 0.717) is 11.5 Å². The Kier molecular flexibility index (Phi) is 5.46. The summed E-state index contributed by atoms with van der Waals surface area (Å²) in [6.45, 7) is 7.15. The normalized spacial score (nSPS) is 12.5. The van der Waals surface area contributed by atoms with Gasteiger partial charge >= 0.3 is 12.1 Å². The number of nitrogens with one attached hydrogen (secondary N) is 2. The highest BCUT2D eigenvalue weighted by molar-refractivity contribution is 6.04. The van der Waals surface area contributed by atoms with Crippen LogP contribution in [0.25, 0.3) is 10.8 Å². The summed E-state index contributed by atoms with van der Waals surface area (Å²) in [4.78, 5) is 27.2. The predicted octanol–water partition coefficient (Wildman–Crippen LogP) is 3.86. The zero-order valence-electron chi connectivity index (χ0n) is 14.8. The van der Waals surface area contributed by atoms with Crippen molar-refractivity contribution in [1.82, 2.24) is 4.98 Å². The number of pyridine rings is 1. The second-order valence-electron chi connectivity index (χ2n) is 6.84. The summed E-state index contributed by atoms with van der Waals surface area (Å²) in [5, 5.41) is 16.3. The van der Waals surface area contributed by atoms with Crippen LogP contribution in [0.5, 0.6) is 0 Å². The van der Waals surface area contributed by atoms with Gasteiger partial charge in [-0.3, -0.25) is 10.1 Å². The number of anilines is 2. The quantitative estimate of drug-likeness (QED) is 0.761. The number of hydrogen-bond donors (Lipinski definition) is 3. The summed E-state index contributed by atoms with van der Waals surface area (Å²) in [5.74, 6) is -0.313. The van der Waals surface area contributed by atoms with Crippen LogP contribution >= 0.6 is 0 Å². The molecule has 25 heavy (non-hydrogen) atoms. The summed E-state index contributed by atoms with van der Waals surface area (Å²) in [6.07, 6.45) is 0.954. The minimum atomic E-state index is -0.882. The van der Waals surface area contributed by atoms with Crippen molar-refractivity contribution >= 4 is 34.3 Å². The van der Waals surface area contributed by atoms with Crippen LogP contribution in [-0.4, -0.2) is 33.8 Å². The van der Waals surface area contributed by atoms with E-state index in [2.05, 4.69) is 15.6 Å². The Labute approximate surface area is 146 Å². The number of fused-ring (bicyclic) bond motifs is 1. The van der Waals surface area contributed by atoms with Crippen molar-refractivity contribution in [2.45, 2.75) is 45.8 Å². The second kappa shape index (κ2) is 7.38. The first-order valence-electron chi connectivity index (χ1n) is 8.02. The van der Waals surface area contributed by atoms with Crippen LogP contribution < -0.4 is 10.6 Å². The molecule has 1 aromatic carbocycles. The Hall–Kier alpha value is -2.83. The molecule has 134 valence electrons. The highest BCUT2D eigenvalue weighted by Crippen LogP contribution is 2.28. The van der Waals surface area contributed by atoms with Gasteiger partial charge in [-0.2, -0.15) is 0 Å². The van der Waals surface area contributed by atoms with Crippen molar-refractivity contribution in [2.24, 2.45) is 0 Å². The SMILES string of the molecule is CC(CC(=O)O)Nc1ncc(NC(=O)OC(C)(C)C)c2ccccc12. The van der Waals surface area contributed by atoms with Gasteiger partial charge in [0.1, 0.15) is 11.4 Å². The van der Waals surface area contributed by atoms with Crippen molar-refractivity contribution in [2.75, 3.05) is 10.6 Å². The van der Waals surface area contributed by atoms with Crippen LogP contribution in [0.15, 0.2) is 30.5 Å². The number of aromatic nitrogens is 1. The lowest BCUT2D eigenvalue weighted by Gasteiger charge is -2.20. The molecule has 2 aromatic rings. The van der Waals surface area contributed by atoms with Gasteiger partial charge in [0.2, 0.25) is 0 Å². The molecule has 7 nitrogen and oxygen atoms in total. The van der Waals surface area contributed by atoms with Crippen LogP contribution in [0.1, 0.15) is 34.1 Å². The number of amides is 1. The van der Waals surface area contributed by atoms with Crippen molar-refractivity contribution in [3.05, 3.63) is 30.5 Å². The molecule has 0 aliphatic carbocycles. The molecule has 2 rings (SSSR count). The van der Waals surface area contributed by atoms with Crippen molar-refractivity contribution < 1.29 is 19.4 Å². The summed E-state index contributed by atoms with van der Waals surface area (Å²) in [5.41, 5.74) is -0.0672. The van der Waals surface area contributed by atoms with Gasteiger partial charge in [-0.05, 0) is 27.7 Å². The first-order chi connectivity index (χ1) is 11.7. The Morgan fingerprint density at radius 2 is 1.88 bits per heavy atom. The zero-order chi connectivity index (χ0) is 18.6. The summed E-state index contributed by atoms with van der Waals surface area (Å²) < 4.78 is 5.27. The molecule has 1 unspecified atom stereocenters. The molecular formula is C18H23N3O4. The molecule has 3 N–H and O–H groups in total. The lowest BCUT2D eigenvalue weighted by Crippen LogP contribution is -2.27. The molecule has 7 heteroatoms. The van der Waals surface area contributed by atoms with Crippen LogP contribution in [0.3, 0.4) is 0 Å². The molecule has 0 saturated carbocycles. The number of aliphatic carboxylic acids is 1. The first-order valence-corrected chi connectivity index (χ1v) is 8.02. The number of hydrogen-bond acceptors (Lipinski definition) is 5. The number of nitrogens with zero attached hydrogens (tertiary/aromatic N) is 1. The third kappa shape index (κ3) is 5.34. The molecule has 1 heterocycles. The molecule has 0 aliphatic rings. The van der Waals surface area contributed by atoms with E-state index in [9.17, 15) is 9.59 Å². The third-order valence-corrected chi connectivity index (χ3v) is 3.29. The van der Waals surface area contributed by atoms with E-state index in [4.69, 9.17) is 9.84 Å². The van der Waals surface area contributed by atoms with E-state index < -0.39 is 17.7 Å². The molecule has 0 bridgehead atoms. The predicted molar refractivity (Wildman–Crippen MR) is 96.9 cm³/mol. The van der Waals surface area contributed by atoms with Crippen LogP contribution in [0.4, 0.5) is 16.3 Å². The fourth-order valence-corrected chi connectivity index (χ4v) is 2.37. The molecule has 0 aliphatic heterocycles. The number of carboxylic acids is 1. The summed E-state index contributed by atoms with van der Waals surface area (Å²) in [6, 6.07) is 7.15. The highest BCUT2D eigenvalue weighted by atomic mass is 16.6. The maximum absolute atomic E-state index is 12.0. The lowest BCUT2D eigenvalue weighted by atomic mass is 10.1. The van der Waals surface area contributed by atoms with E-state index in [1.54, 1.807) is 27.7 Å². The van der Waals surface area contributed by atoms with E-state index in [1.807, 2.05) is 24.3 Å². The van der Waals surface area contributed by atoms with Crippen molar-refractivity contribution in [3.8, 4) is 0 Å². The average Bonchev–Trinajstić information content (AvgIpc) is 2.47. The van der Waals surface area contributed by atoms with E-state index in [1.165, 1.54) is 6.20 Å². The molecule has 1 amide bonds. The molecule has 1 aromatic heterocycles. The minimum Gasteiger partial charge on any atom is -0.481 e. The lowest BCUT2D eigenvalue weighted by molar-refractivity contribution is -0.137. The first kappa shape index (κ1) is 18.5. The van der Waals surface area contributed by atoms with Crippen LogP contribution in [0.2, 0.25) is 0 Å². The standard InChI is InChI=1S/C18H23N3O4/c1-11(9-15(22)23)20-16-13-8-6-5-7-12(13)14(10-19-16)21-17(24)25-18(2,3)4/h5-8,10-11H,9H2,1-4H3,(H,19,20)(H,21,24)(H,22,23). The van der Waals surface area contributed by atoms with E-state index in [-0.39, 0.29) is 12.5 Å². The Bertz CT molecular complexity index is 783. The van der Waals surface area contributed by atoms with E-state index >= 15 is 0 Å². The topological polar surface area (TPSA) is 101 Å². The maximum atomic E-state index is 12.0. The fraction of sp³-hybridized carbons (Fsp3) is 0.389. The Balaban J connectivity index is 2.28. The molecule has 0 spiro atoms. The average molecular weight is 345 g/mol. The summed E-state index contributed by atoms with van der Waals surface area (Å²) in [7, 11) is 0. The van der Waals surface area contributed by atoms with Gasteiger partial charge < -0.3 is 15.2 Å².